The van der Waals surface area contributed by atoms with Crippen LogP contribution in [0.15, 0.2) is 48.7 Å². The number of benzene rings is 2. The first-order valence-corrected chi connectivity index (χ1v) is 6.63. The molecule has 1 heterocycles. The molecular formula is C14H10Cl2N4. The summed E-state index contributed by atoms with van der Waals surface area (Å²) < 4.78 is 1.65. The monoisotopic (exact) mass is 304 g/mol. The zero-order valence-corrected chi connectivity index (χ0v) is 11.8. The van der Waals surface area contributed by atoms with E-state index < -0.39 is 0 Å². The van der Waals surface area contributed by atoms with E-state index in [1.165, 1.54) is 0 Å². The third-order valence-corrected chi connectivity index (χ3v) is 3.38. The third kappa shape index (κ3) is 2.48. The van der Waals surface area contributed by atoms with Crippen LogP contribution in [0.4, 0.5) is 5.69 Å². The van der Waals surface area contributed by atoms with Crippen molar-refractivity contribution in [3.63, 3.8) is 0 Å². The summed E-state index contributed by atoms with van der Waals surface area (Å²) in [5.74, 6) is 0. The molecule has 0 aliphatic heterocycles. The van der Waals surface area contributed by atoms with Gasteiger partial charge in [0.2, 0.25) is 0 Å². The lowest BCUT2D eigenvalue weighted by molar-refractivity contribution is 0.804. The highest BCUT2D eigenvalue weighted by molar-refractivity contribution is 6.36. The van der Waals surface area contributed by atoms with E-state index in [4.69, 9.17) is 28.9 Å². The first-order chi connectivity index (χ1) is 9.63. The highest BCUT2D eigenvalue weighted by Crippen LogP contribution is 2.29. The van der Waals surface area contributed by atoms with Crippen LogP contribution in [0, 0.1) is 0 Å². The molecule has 0 aliphatic carbocycles. The van der Waals surface area contributed by atoms with Crippen LogP contribution in [0.1, 0.15) is 0 Å². The summed E-state index contributed by atoms with van der Waals surface area (Å²) >= 11 is 12.0. The summed E-state index contributed by atoms with van der Waals surface area (Å²) in [6, 6.07) is 12.7. The number of hydrogen-bond acceptors (Lipinski definition) is 3. The number of nitrogens with two attached hydrogens (primary N) is 1. The number of halogens is 2. The highest BCUT2D eigenvalue weighted by Gasteiger charge is 2.09. The molecule has 100 valence electrons. The van der Waals surface area contributed by atoms with Crippen molar-refractivity contribution < 1.29 is 0 Å². The van der Waals surface area contributed by atoms with E-state index in [-0.39, 0.29) is 0 Å². The predicted molar refractivity (Wildman–Crippen MR) is 81.2 cm³/mol. The summed E-state index contributed by atoms with van der Waals surface area (Å²) in [5, 5.41) is 9.34. The van der Waals surface area contributed by atoms with Crippen molar-refractivity contribution in [1.29, 1.82) is 0 Å². The molecule has 0 radical (unpaired) electrons. The Balaban J connectivity index is 2.02. The number of aromatic nitrogens is 3. The number of nitrogen functional groups attached to an aromatic ring is 1. The molecule has 0 saturated heterocycles. The van der Waals surface area contributed by atoms with Gasteiger partial charge in [0, 0.05) is 16.3 Å². The first-order valence-electron chi connectivity index (χ1n) is 5.87. The Morgan fingerprint density at radius 2 is 1.90 bits per heavy atom. The topological polar surface area (TPSA) is 56.7 Å². The van der Waals surface area contributed by atoms with E-state index in [2.05, 4.69) is 10.3 Å². The fourth-order valence-electron chi connectivity index (χ4n) is 1.88. The third-order valence-electron chi connectivity index (χ3n) is 2.84. The van der Waals surface area contributed by atoms with Gasteiger partial charge in [-0.15, -0.1) is 5.10 Å². The maximum Gasteiger partial charge on any atom is 0.115 e. The molecule has 0 fully saturated rings. The molecule has 3 aromatic rings. The minimum absolute atomic E-state index is 0.539. The molecule has 0 atom stereocenters. The fraction of sp³-hybridized carbons (Fsp3) is 0. The average molecular weight is 305 g/mol. The summed E-state index contributed by atoms with van der Waals surface area (Å²) in [6.07, 6.45) is 1.80. The van der Waals surface area contributed by atoms with Crippen LogP contribution >= 0.6 is 23.2 Å². The van der Waals surface area contributed by atoms with Gasteiger partial charge < -0.3 is 5.73 Å². The minimum Gasteiger partial charge on any atom is -0.399 e. The molecular weight excluding hydrogens is 295 g/mol. The van der Waals surface area contributed by atoms with Gasteiger partial charge in [-0.3, -0.25) is 0 Å². The van der Waals surface area contributed by atoms with Crippen molar-refractivity contribution in [1.82, 2.24) is 15.0 Å². The molecule has 1 aromatic heterocycles. The Morgan fingerprint density at radius 3 is 2.65 bits per heavy atom. The van der Waals surface area contributed by atoms with E-state index in [1.807, 2.05) is 30.3 Å². The maximum absolute atomic E-state index is 6.16. The summed E-state index contributed by atoms with van der Waals surface area (Å²) in [7, 11) is 0. The van der Waals surface area contributed by atoms with Crippen LogP contribution in [-0.2, 0) is 0 Å². The number of anilines is 1. The molecule has 0 spiro atoms. The van der Waals surface area contributed by atoms with Crippen LogP contribution in [0.2, 0.25) is 10.0 Å². The standard InChI is InChI=1S/C14H10Cl2N4/c15-9-4-5-12(13(16)6-9)14-8-20(19-18-14)11-3-1-2-10(17)7-11/h1-8H,17H2. The summed E-state index contributed by atoms with van der Waals surface area (Å²) in [6.45, 7) is 0. The van der Waals surface area contributed by atoms with E-state index >= 15 is 0 Å². The van der Waals surface area contributed by atoms with Gasteiger partial charge in [0.15, 0.2) is 0 Å². The SMILES string of the molecule is Nc1cccc(-n2cc(-c3ccc(Cl)cc3Cl)nn2)c1. The smallest absolute Gasteiger partial charge is 0.115 e. The Bertz CT molecular complexity index is 767. The summed E-state index contributed by atoms with van der Waals surface area (Å²) in [5.41, 5.74) is 8.73. The van der Waals surface area contributed by atoms with E-state index in [9.17, 15) is 0 Å². The fourth-order valence-corrected chi connectivity index (χ4v) is 2.38. The van der Waals surface area contributed by atoms with Gasteiger partial charge in [-0.05, 0) is 36.4 Å². The van der Waals surface area contributed by atoms with Crippen molar-refractivity contribution in [2.45, 2.75) is 0 Å². The Morgan fingerprint density at radius 1 is 1.05 bits per heavy atom. The first kappa shape index (κ1) is 13.0. The second-order valence-electron chi connectivity index (χ2n) is 4.27. The van der Waals surface area contributed by atoms with Gasteiger partial charge in [0.25, 0.3) is 0 Å². The molecule has 0 bridgehead atoms. The van der Waals surface area contributed by atoms with E-state index in [0.29, 0.717) is 21.4 Å². The molecule has 2 N–H and O–H groups in total. The average Bonchev–Trinajstić information content (AvgIpc) is 2.88. The predicted octanol–water partition coefficient (Wildman–Crippen LogP) is 3.82. The van der Waals surface area contributed by atoms with Gasteiger partial charge in [-0.1, -0.05) is 34.5 Å². The number of rotatable bonds is 2. The number of hydrogen-bond donors (Lipinski definition) is 1. The Labute approximate surface area is 125 Å². The lowest BCUT2D eigenvalue weighted by Gasteiger charge is -2.01. The molecule has 2 aromatic carbocycles. The van der Waals surface area contributed by atoms with Crippen molar-refractivity contribution in [3.8, 4) is 16.9 Å². The van der Waals surface area contributed by atoms with E-state index in [0.717, 1.165) is 11.3 Å². The second-order valence-corrected chi connectivity index (χ2v) is 5.11. The van der Waals surface area contributed by atoms with E-state index in [1.54, 1.807) is 23.0 Å². The van der Waals surface area contributed by atoms with Crippen LogP contribution in [0.25, 0.3) is 16.9 Å². The van der Waals surface area contributed by atoms with Gasteiger partial charge in [0.05, 0.1) is 16.9 Å². The molecule has 0 aliphatic rings. The minimum atomic E-state index is 0.539. The maximum atomic E-state index is 6.16. The van der Waals surface area contributed by atoms with Crippen molar-refractivity contribution in [2.24, 2.45) is 0 Å². The lowest BCUT2D eigenvalue weighted by Crippen LogP contribution is -1.95. The van der Waals surface area contributed by atoms with Gasteiger partial charge in [-0.25, -0.2) is 4.68 Å². The Kier molecular flexibility index (Phi) is 3.34. The van der Waals surface area contributed by atoms with Crippen LogP contribution in [0.5, 0.6) is 0 Å². The highest BCUT2D eigenvalue weighted by atomic mass is 35.5. The Hall–Kier alpha value is -2.04. The molecule has 20 heavy (non-hydrogen) atoms. The van der Waals surface area contributed by atoms with Gasteiger partial charge in [-0.2, -0.15) is 0 Å². The lowest BCUT2D eigenvalue weighted by atomic mass is 10.2. The molecule has 0 saturated carbocycles. The van der Waals surface area contributed by atoms with Crippen molar-refractivity contribution >= 4 is 28.9 Å². The zero-order valence-electron chi connectivity index (χ0n) is 10.3. The molecule has 0 unspecified atom stereocenters. The van der Waals surface area contributed by atoms with Crippen LogP contribution in [-0.4, -0.2) is 15.0 Å². The van der Waals surface area contributed by atoms with Crippen LogP contribution < -0.4 is 5.73 Å². The van der Waals surface area contributed by atoms with Gasteiger partial charge in [0.1, 0.15) is 5.69 Å². The largest absolute Gasteiger partial charge is 0.399 e. The molecule has 6 heteroatoms. The van der Waals surface area contributed by atoms with Crippen molar-refractivity contribution in [3.05, 3.63) is 58.7 Å². The zero-order chi connectivity index (χ0) is 14.1. The quantitative estimate of drug-likeness (QED) is 0.732. The molecule has 0 amide bonds. The van der Waals surface area contributed by atoms with Crippen molar-refractivity contribution in [2.75, 3.05) is 5.73 Å². The molecule has 3 rings (SSSR count). The second kappa shape index (κ2) is 5.15. The molecule has 4 nitrogen and oxygen atoms in total. The van der Waals surface area contributed by atoms with Gasteiger partial charge >= 0.3 is 0 Å². The van der Waals surface area contributed by atoms with Crippen LogP contribution in [0.3, 0.4) is 0 Å². The number of nitrogens with zero attached hydrogens (tertiary/aromatic N) is 3. The summed E-state index contributed by atoms with van der Waals surface area (Å²) in [4.78, 5) is 0. The normalized spacial score (nSPS) is 10.7.